The van der Waals surface area contributed by atoms with E-state index in [2.05, 4.69) is 11.9 Å². The van der Waals surface area contributed by atoms with Crippen molar-refractivity contribution in [2.75, 3.05) is 6.54 Å². The fourth-order valence-corrected chi connectivity index (χ4v) is 2.24. The number of aliphatic imine (C=N–C) groups is 1. The summed E-state index contributed by atoms with van der Waals surface area (Å²) in [5, 5.41) is 0. The Morgan fingerprint density at radius 1 is 1.04 bits per heavy atom. The summed E-state index contributed by atoms with van der Waals surface area (Å²) in [4.78, 5) is 4.44. The van der Waals surface area contributed by atoms with Crippen LogP contribution in [0.15, 0.2) is 53.5 Å². The molecule has 0 aliphatic carbocycles. The van der Waals surface area contributed by atoms with Crippen LogP contribution in [-0.4, -0.2) is 12.8 Å². The van der Waals surface area contributed by atoms with Crippen LogP contribution in [0.1, 0.15) is 43.7 Å². The molecule has 0 heterocycles. The Kier molecular flexibility index (Phi) is 7.31. The molecule has 23 heavy (non-hydrogen) atoms. The van der Waals surface area contributed by atoms with E-state index in [1.165, 1.54) is 31.4 Å². The average Bonchev–Trinajstić information content (AvgIpc) is 2.57. The highest BCUT2D eigenvalue weighted by atomic mass is 19.1. The van der Waals surface area contributed by atoms with Gasteiger partial charge >= 0.3 is 0 Å². The molecule has 0 spiro atoms. The summed E-state index contributed by atoms with van der Waals surface area (Å²) in [6, 6.07) is 14.2. The molecule has 0 fully saturated rings. The highest BCUT2D eigenvalue weighted by Gasteiger charge is 1.98. The molecule has 0 aliphatic heterocycles. The van der Waals surface area contributed by atoms with Crippen LogP contribution >= 0.6 is 0 Å². The zero-order chi connectivity index (χ0) is 16.3. The van der Waals surface area contributed by atoms with Crippen LogP contribution in [0.4, 0.5) is 4.39 Å². The summed E-state index contributed by atoms with van der Waals surface area (Å²) < 4.78 is 18.8. The van der Waals surface area contributed by atoms with Crippen molar-refractivity contribution in [1.29, 1.82) is 0 Å². The number of halogens is 1. The van der Waals surface area contributed by atoms with E-state index in [9.17, 15) is 4.39 Å². The minimum Gasteiger partial charge on any atom is -0.489 e. The Bertz CT molecular complexity index is 607. The van der Waals surface area contributed by atoms with E-state index < -0.39 is 0 Å². The van der Waals surface area contributed by atoms with Crippen LogP contribution in [-0.2, 0) is 6.61 Å². The Labute approximate surface area is 138 Å². The Balaban J connectivity index is 1.76. The maximum atomic E-state index is 13.1. The minimum atomic E-state index is -0.239. The van der Waals surface area contributed by atoms with Crippen LogP contribution in [0.5, 0.6) is 5.75 Å². The molecule has 3 heteroatoms. The van der Waals surface area contributed by atoms with Gasteiger partial charge in [-0.2, -0.15) is 0 Å². The van der Waals surface area contributed by atoms with Gasteiger partial charge in [0.1, 0.15) is 18.2 Å². The SMILES string of the molecule is CCCCCCN=Cc1ccc(OCc2cccc(F)c2)cc1. The summed E-state index contributed by atoms with van der Waals surface area (Å²) in [5.74, 6) is 0.533. The Hall–Kier alpha value is -2.16. The first kappa shape index (κ1) is 17.2. The van der Waals surface area contributed by atoms with Crippen molar-refractivity contribution in [2.45, 2.75) is 39.2 Å². The predicted octanol–water partition coefficient (Wildman–Crippen LogP) is 5.40. The number of ether oxygens (including phenoxy) is 1. The minimum absolute atomic E-state index is 0.239. The van der Waals surface area contributed by atoms with Crippen molar-refractivity contribution >= 4 is 6.21 Å². The molecule has 0 unspecified atom stereocenters. The molecule has 0 bridgehead atoms. The maximum absolute atomic E-state index is 13.1. The summed E-state index contributed by atoms with van der Waals surface area (Å²) in [7, 11) is 0. The molecule has 0 aliphatic rings. The van der Waals surface area contributed by atoms with Gasteiger partial charge in [-0.3, -0.25) is 4.99 Å². The topological polar surface area (TPSA) is 21.6 Å². The number of hydrogen-bond donors (Lipinski definition) is 0. The number of unbranched alkanes of at least 4 members (excludes halogenated alkanes) is 3. The third-order valence-corrected chi connectivity index (χ3v) is 3.56. The molecular formula is C20H24FNO. The van der Waals surface area contributed by atoms with E-state index in [1.54, 1.807) is 6.07 Å². The molecule has 2 aromatic carbocycles. The van der Waals surface area contributed by atoms with Gasteiger partial charge in [0.15, 0.2) is 0 Å². The van der Waals surface area contributed by atoms with Gasteiger partial charge < -0.3 is 4.74 Å². The lowest BCUT2D eigenvalue weighted by molar-refractivity contribution is 0.305. The molecular weight excluding hydrogens is 289 g/mol. The second kappa shape index (κ2) is 9.78. The monoisotopic (exact) mass is 313 g/mol. The normalized spacial score (nSPS) is 11.0. The third-order valence-electron chi connectivity index (χ3n) is 3.56. The fraction of sp³-hybridized carbons (Fsp3) is 0.350. The van der Waals surface area contributed by atoms with Crippen LogP contribution in [0.2, 0.25) is 0 Å². The zero-order valence-electron chi connectivity index (χ0n) is 13.7. The van der Waals surface area contributed by atoms with Gasteiger partial charge in [-0.05, 0) is 53.9 Å². The predicted molar refractivity (Wildman–Crippen MR) is 93.8 cm³/mol. The van der Waals surface area contributed by atoms with Crippen LogP contribution < -0.4 is 4.74 Å². The summed E-state index contributed by atoms with van der Waals surface area (Å²) >= 11 is 0. The van der Waals surface area contributed by atoms with E-state index in [1.807, 2.05) is 36.5 Å². The number of rotatable bonds is 9. The molecule has 122 valence electrons. The van der Waals surface area contributed by atoms with Crippen molar-refractivity contribution in [3.8, 4) is 5.75 Å². The van der Waals surface area contributed by atoms with Crippen molar-refractivity contribution < 1.29 is 9.13 Å². The lowest BCUT2D eigenvalue weighted by Gasteiger charge is -2.06. The molecule has 2 aromatic rings. The van der Waals surface area contributed by atoms with Gasteiger partial charge in [0.05, 0.1) is 0 Å². The zero-order valence-corrected chi connectivity index (χ0v) is 13.7. The van der Waals surface area contributed by atoms with E-state index in [-0.39, 0.29) is 5.82 Å². The molecule has 0 aromatic heterocycles. The van der Waals surface area contributed by atoms with E-state index >= 15 is 0 Å². The first-order valence-electron chi connectivity index (χ1n) is 8.25. The molecule has 0 radical (unpaired) electrons. The molecule has 0 amide bonds. The quantitative estimate of drug-likeness (QED) is 0.448. The van der Waals surface area contributed by atoms with Crippen molar-refractivity contribution in [3.05, 3.63) is 65.5 Å². The fourth-order valence-electron chi connectivity index (χ4n) is 2.24. The van der Waals surface area contributed by atoms with Gasteiger partial charge in [-0.15, -0.1) is 0 Å². The third kappa shape index (κ3) is 6.64. The van der Waals surface area contributed by atoms with Crippen molar-refractivity contribution in [3.63, 3.8) is 0 Å². The lowest BCUT2D eigenvalue weighted by atomic mass is 10.2. The first-order chi connectivity index (χ1) is 11.3. The molecule has 2 rings (SSSR count). The van der Waals surface area contributed by atoms with Crippen molar-refractivity contribution in [1.82, 2.24) is 0 Å². The molecule has 2 nitrogen and oxygen atoms in total. The largest absolute Gasteiger partial charge is 0.489 e. The number of benzene rings is 2. The highest BCUT2D eigenvalue weighted by molar-refractivity contribution is 5.79. The molecule has 0 atom stereocenters. The average molecular weight is 313 g/mol. The smallest absolute Gasteiger partial charge is 0.123 e. The van der Waals surface area contributed by atoms with E-state index in [4.69, 9.17) is 4.74 Å². The van der Waals surface area contributed by atoms with E-state index in [0.717, 1.165) is 29.8 Å². The number of hydrogen-bond acceptors (Lipinski definition) is 2. The summed E-state index contributed by atoms with van der Waals surface area (Å²) in [6.07, 6.45) is 6.84. The van der Waals surface area contributed by atoms with Crippen LogP contribution in [0.25, 0.3) is 0 Å². The van der Waals surface area contributed by atoms with Gasteiger partial charge in [-0.1, -0.05) is 38.3 Å². The van der Waals surface area contributed by atoms with Crippen LogP contribution in [0.3, 0.4) is 0 Å². The highest BCUT2D eigenvalue weighted by Crippen LogP contribution is 2.14. The Morgan fingerprint density at radius 3 is 2.61 bits per heavy atom. The van der Waals surface area contributed by atoms with Gasteiger partial charge in [0, 0.05) is 12.8 Å². The number of nitrogens with zero attached hydrogens (tertiary/aromatic N) is 1. The summed E-state index contributed by atoms with van der Waals surface area (Å²) in [6.45, 7) is 3.46. The molecule has 0 N–H and O–H groups in total. The lowest BCUT2D eigenvalue weighted by Crippen LogP contribution is -1.96. The second-order valence-electron chi connectivity index (χ2n) is 5.58. The standard InChI is InChI=1S/C20H24FNO/c1-2-3-4-5-13-22-15-17-9-11-20(12-10-17)23-16-18-7-6-8-19(21)14-18/h6-12,14-15H,2-5,13,16H2,1H3. The second-order valence-corrected chi connectivity index (χ2v) is 5.58. The first-order valence-corrected chi connectivity index (χ1v) is 8.25. The molecule has 0 saturated carbocycles. The van der Waals surface area contributed by atoms with Gasteiger partial charge in [0.25, 0.3) is 0 Å². The van der Waals surface area contributed by atoms with Crippen molar-refractivity contribution in [2.24, 2.45) is 4.99 Å². The van der Waals surface area contributed by atoms with Crippen LogP contribution in [0, 0.1) is 5.82 Å². The molecule has 0 saturated heterocycles. The maximum Gasteiger partial charge on any atom is 0.123 e. The van der Waals surface area contributed by atoms with E-state index in [0.29, 0.717) is 6.61 Å². The van der Waals surface area contributed by atoms with Gasteiger partial charge in [0.2, 0.25) is 0 Å². The van der Waals surface area contributed by atoms with Gasteiger partial charge in [-0.25, -0.2) is 4.39 Å². The Morgan fingerprint density at radius 2 is 1.87 bits per heavy atom. The summed E-state index contributed by atoms with van der Waals surface area (Å²) in [5.41, 5.74) is 1.89.